The molecule has 3 N–H and O–H groups in total. The predicted octanol–water partition coefficient (Wildman–Crippen LogP) is 3.83. The summed E-state index contributed by atoms with van der Waals surface area (Å²) < 4.78 is 0. The Morgan fingerprint density at radius 2 is 1.95 bits per heavy atom. The maximum Gasteiger partial charge on any atom is 0.157 e. The van der Waals surface area contributed by atoms with Crippen LogP contribution in [0.15, 0.2) is 0 Å². The molecule has 2 rings (SSSR count). The molecular weight excluding hydrogens is 260 g/mol. The summed E-state index contributed by atoms with van der Waals surface area (Å²) in [5.41, 5.74) is 6.41. The van der Waals surface area contributed by atoms with Gasteiger partial charge in [-0.2, -0.15) is 0 Å². The van der Waals surface area contributed by atoms with Gasteiger partial charge in [0.25, 0.3) is 0 Å². The summed E-state index contributed by atoms with van der Waals surface area (Å²) in [6.45, 7) is 5.13. The van der Waals surface area contributed by atoms with E-state index in [9.17, 15) is 0 Å². The molecule has 1 fully saturated rings. The first-order valence-electron chi connectivity index (χ1n) is 7.14. The summed E-state index contributed by atoms with van der Waals surface area (Å²) in [5, 5.41) is 3.65. The molecule has 5 heteroatoms. The Bertz CT molecular complexity index is 428. The minimum atomic E-state index is 0.377. The zero-order chi connectivity index (χ0) is 13.8. The Morgan fingerprint density at radius 1 is 1.26 bits per heavy atom. The van der Waals surface area contributed by atoms with Crippen LogP contribution in [0.25, 0.3) is 0 Å². The van der Waals surface area contributed by atoms with Gasteiger partial charge in [0.1, 0.15) is 11.5 Å². The molecule has 1 aromatic rings. The van der Waals surface area contributed by atoms with Gasteiger partial charge in [-0.05, 0) is 18.8 Å². The number of anilines is 2. The number of aromatic nitrogens is 2. The molecule has 0 unspecified atom stereocenters. The minimum absolute atomic E-state index is 0.377. The van der Waals surface area contributed by atoms with Crippen LogP contribution >= 0.6 is 11.6 Å². The number of nitrogen functional groups attached to an aromatic ring is 1. The van der Waals surface area contributed by atoms with Crippen LogP contribution in [0.1, 0.15) is 57.7 Å². The van der Waals surface area contributed by atoms with Crippen molar-refractivity contribution in [1.82, 2.24) is 9.97 Å². The van der Waals surface area contributed by atoms with Crippen molar-refractivity contribution in [3.63, 3.8) is 0 Å². The largest absolute Gasteiger partial charge is 0.393 e. The van der Waals surface area contributed by atoms with Crippen molar-refractivity contribution in [2.24, 2.45) is 5.92 Å². The smallest absolute Gasteiger partial charge is 0.157 e. The molecule has 0 bridgehead atoms. The van der Waals surface area contributed by atoms with E-state index in [1.165, 1.54) is 19.3 Å². The van der Waals surface area contributed by atoms with Crippen LogP contribution in [0.4, 0.5) is 11.5 Å². The Kier molecular flexibility index (Phi) is 4.86. The van der Waals surface area contributed by atoms with Crippen molar-refractivity contribution in [2.45, 2.75) is 51.9 Å². The Balaban J connectivity index is 2.19. The van der Waals surface area contributed by atoms with Crippen LogP contribution in [0.3, 0.4) is 0 Å². The van der Waals surface area contributed by atoms with Gasteiger partial charge in [0.2, 0.25) is 0 Å². The molecule has 1 aliphatic carbocycles. The highest BCUT2D eigenvalue weighted by atomic mass is 35.5. The number of halogens is 1. The maximum absolute atomic E-state index is 6.14. The third-order valence-electron chi connectivity index (χ3n) is 3.56. The van der Waals surface area contributed by atoms with Gasteiger partial charge in [-0.1, -0.05) is 44.7 Å². The highest BCUT2D eigenvalue weighted by molar-refractivity contribution is 6.32. The minimum Gasteiger partial charge on any atom is -0.393 e. The number of hydrogen-bond donors (Lipinski definition) is 2. The van der Waals surface area contributed by atoms with Crippen molar-refractivity contribution in [3.8, 4) is 0 Å². The van der Waals surface area contributed by atoms with Gasteiger partial charge in [-0.3, -0.25) is 0 Å². The standard InChI is InChI=1S/C14H23ClN4/c1-9(2)8-17-14-11(16)12(15)18-13(19-14)10-6-4-3-5-7-10/h9-10H,3-8,16H2,1-2H3,(H,17,18,19). The van der Waals surface area contributed by atoms with Gasteiger partial charge in [0.05, 0.1) is 0 Å². The maximum atomic E-state index is 6.14. The molecule has 1 aromatic heterocycles. The summed E-state index contributed by atoms with van der Waals surface area (Å²) in [4.78, 5) is 8.97. The summed E-state index contributed by atoms with van der Waals surface area (Å²) in [6.07, 6.45) is 6.14. The molecule has 1 aliphatic rings. The average molecular weight is 283 g/mol. The highest BCUT2D eigenvalue weighted by Crippen LogP contribution is 2.33. The highest BCUT2D eigenvalue weighted by Gasteiger charge is 2.20. The van der Waals surface area contributed by atoms with Crippen LogP contribution < -0.4 is 11.1 Å². The molecule has 4 nitrogen and oxygen atoms in total. The van der Waals surface area contributed by atoms with E-state index in [2.05, 4.69) is 29.1 Å². The third kappa shape index (κ3) is 3.72. The van der Waals surface area contributed by atoms with E-state index >= 15 is 0 Å². The fraction of sp³-hybridized carbons (Fsp3) is 0.714. The van der Waals surface area contributed by atoms with E-state index in [0.717, 1.165) is 25.2 Å². The fourth-order valence-electron chi connectivity index (χ4n) is 2.44. The van der Waals surface area contributed by atoms with Gasteiger partial charge < -0.3 is 11.1 Å². The zero-order valence-electron chi connectivity index (χ0n) is 11.7. The monoisotopic (exact) mass is 282 g/mol. The van der Waals surface area contributed by atoms with Crippen molar-refractivity contribution in [2.75, 3.05) is 17.6 Å². The second-order valence-electron chi connectivity index (χ2n) is 5.74. The van der Waals surface area contributed by atoms with E-state index in [1.807, 2.05) is 0 Å². The molecule has 0 atom stereocenters. The van der Waals surface area contributed by atoms with Crippen LogP contribution in [0.2, 0.25) is 5.15 Å². The SMILES string of the molecule is CC(C)CNc1nc(C2CCCCC2)nc(Cl)c1N. The lowest BCUT2D eigenvalue weighted by molar-refractivity contribution is 0.429. The molecule has 0 radical (unpaired) electrons. The van der Waals surface area contributed by atoms with E-state index in [-0.39, 0.29) is 0 Å². The molecule has 1 saturated carbocycles. The predicted molar refractivity (Wildman–Crippen MR) is 80.6 cm³/mol. The Morgan fingerprint density at radius 3 is 2.58 bits per heavy atom. The lowest BCUT2D eigenvalue weighted by Gasteiger charge is -2.21. The average Bonchev–Trinajstić information content (AvgIpc) is 2.41. The van der Waals surface area contributed by atoms with Crippen molar-refractivity contribution >= 4 is 23.1 Å². The van der Waals surface area contributed by atoms with Crippen LogP contribution in [0, 0.1) is 5.92 Å². The molecule has 0 spiro atoms. The molecular formula is C14H23ClN4. The number of nitrogens with two attached hydrogens (primary N) is 1. The molecule has 0 amide bonds. The number of hydrogen-bond acceptors (Lipinski definition) is 4. The normalized spacial score (nSPS) is 16.8. The van der Waals surface area contributed by atoms with Crippen molar-refractivity contribution < 1.29 is 0 Å². The van der Waals surface area contributed by atoms with Crippen LogP contribution in [0.5, 0.6) is 0 Å². The lowest BCUT2D eigenvalue weighted by Crippen LogP contribution is -2.15. The van der Waals surface area contributed by atoms with Gasteiger partial charge in [-0.25, -0.2) is 9.97 Å². The quantitative estimate of drug-likeness (QED) is 0.824. The second-order valence-corrected chi connectivity index (χ2v) is 6.10. The number of nitrogens with zero attached hydrogens (tertiary/aromatic N) is 2. The summed E-state index contributed by atoms with van der Waals surface area (Å²) in [6, 6.07) is 0. The van der Waals surface area contributed by atoms with E-state index < -0.39 is 0 Å². The molecule has 0 saturated heterocycles. The summed E-state index contributed by atoms with van der Waals surface area (Å²) in [7, 11) is 0. The first-order valence-corrected chi connectivity index (χ1v) is 7.52. The topological polar surface area (TPSA) is 63.8 Å². The van der Waals surface area contributed by atoms with Crippen molar-refractivity contribution in [3.05, 3.63) is 11.0 Å². The summed E-state index contributed by atoms with van der Waals surface area (Å²) in [5.74, 6) is 2.51. The first-order chi connectivity index (χ1) is 9.08. The lowest BCUT2D eigenvalue weighted by atomic mass is 9.89. The van der Waals surface area contributed by atoms with E-state index in [4.69, 9.17) is 17.3 Å². The van der Waals surface area contributed by atoms with Gasteiger partial charge in [-0.15, -0.1) is 0 Å². The van der Waals surface area contributed by atoms with Crippen LogP contribution in [-0.4, -0.2) is 16.5 Å². The molecule has 0 aliphatic heterocycles. The first kappa shape index (κ1) is 14.4. The van der Waals surface area contributed by atoms with Gasteiger partial charge in [0.15, 0.2) is 11.0 Å². The molecule has 19 heavy (non-hydrogen) atoms. The second kappa shape index (κ2) is 6.42. The van der Waals surface area contributed by atoms with E-state index in [0.29, 0.717) is 28.5 Å². The Hall–Kier alpha value is -1.03. The molecule has 1 heterocycles. The van der Waals surface area contributed by atoms with Gasteiger partial charge >= 0.3 is 0 Å². The summed E-state index contributed by atoms with van der Waals surface area (Å²) >= 11 is 6.14. The number of nitrogens with one attached hydrogen (secondary N) is 1. The molecule has 0 aromatic carbocycles. The molecule has 106 valence electrons. The van der Waals surface area contributed by atoms with Gasteiger partial charge in [0, 0.05) is 12.5 Å². The van der Waals surface area contributed by atoms with Crippen molar-refractivity contribution in [1.29, 1.82) is 0 Å². The van der Waals surface area contributed by atoms with Crippen LogP contribution in [-0.2, 0) is 0 Å². The fourth-order valence-corrected chi connectivity index (χ4v) is 2.61. The Labute approximate surface area is 120 Å². The number of rotatable bonds is 4. The van der Waals surface area contributed by atoms with E-state index in [1.54, 1.807) is 0 Å². The third-order valence-corrected chi connectivity index (χ3v) is 3.85. The zero-order valence-corrected chi connectivity index (χ0v) is 12.5.